The van der Waals surface area contributed by atoms with Crippen molar-refractivity contribution in [2.24, 2.45) is 0 Å². The zero-order valence-corrected chi connectivity index (χ0v) is 11.2. The number of hydrogen-bond acceptors (Lipinski definition) is 4. The van der Waals surface area contributed by atoms with E-state index in [-0.39, 0.29) is 12.4 Å². The summed E-state index contributed by atoms with van der Waals surface area (Å²) in [7, 11) is 1.32. The van der Waals surface area contributed by atoms with Gasteiger partial charge in [0.15, 0.2) is 0 Å². The smallest absolute Gasteiger partial charge is 0.333 e. The van der Waals surface area contributed by atoms with Gasteiger partial charge in [-0.05, 0) is 25.0 Å². The fourth-order valence-corrected chi connectivity index (χ4v) is 1.58. The summed E-state index contributed by atoms with van der Waals surface area (Å²) in [6.07, 6.45) is 2.20. The largest absolute Gasteiger partial charge is 0.466 e. The van der Waals surface area contributed by atoms with E-state index in [0.29, 0.717) is 18.6 Å². The minimum absolute atomic E-state index is 0.168. The molecule has 0 aromatic heterocycles. The van der Waals surface area contributed by atoms with Gasteiger partial charge in [0.05, 0.1) is 13.7 Å². The Bertz CT molecular complexity index is 448. The van der Waals surface area contributed by atoms with E-state index in [9.17, 15) is 9.59 Å². The summed E-state index contributed by atoms with van der Waals surface area (Å²) >= 11 is 0. The summed E-state index contributed by atoms with van der Waals surface area (Å²) in [5.74, 6) is -0.737. The lowest BCUT2D eigenvalue weighted by Crippen LogP contribution is -2.09. The molecular formula is C15H18O4. The zero-order valence-electron chi connectivity index (χ0n) is 11.2. The molecule has 0 atom stereocenters. The number of ether oxygens (including phenoxy) is 2. The highest BCUT2D eigenvalue weighted by Crippen LogP contribution is 2.13. The van der Waals surface area contributed by atoms with Gasteiger partial charge < -0.3 is 9.47 Å². The van der Waals surface area contributed by atoms with Crippen molar-refractivity contribution in [3.05, 3.63) is 41.5 Å². The molecule has 4 heteroatoms. The van der Waals surface area contributed by atoms with E-state index >= 15 is 0 Å². The fraction of sp³-hybridized carbons (Fsp3) is 0.333. The second-order valence-corrected chi connectivity index (χ2v) is 3.88. The third-order valence-electron chi connectivity index (χ3n) is 2.49. The van der Waals surface area contributed by atoms with Crippen LogP contribution in [0, 0.1) is 0 Å². The van der Waals surface area contributed by atoms with Crippen molar-refractivity contribution in [1.29, 1.82) is 0 Å². The number of esters is 2. The Balaban J connectivity index is 2.76. The van der Waals surface area contributed by atoms with E-state index in [1.54, 1.807) is 13.0 Å². The van der Waals surface area contributed by atoms with Gasteiger partial charge in [-0.1, -0.05) is 30.3 Å². The highest BCUT2D eigenvalue weighted by molar-refractivity contribution is 5.94. The van der Waals surface area contributed by atoms with Gasteiger partial charge in [0.2, 0.25) is 0 Å². The predicted molar refractivity (Wildman–Crippen MR) is 72.3 cm³/mol. The van der Waals surface area contributed by atoms with Crippen LogP contribution in [0.15, 0.2) is 35.9 Å². The second kappa shape index (κ2) is 8.08. The Kier molecular flexibility index (Phi) is 6.36. The number of methoxy groups -OCH3 is 1. The van der Waals surface area contributed by atoms with Gasteiger partial charge in [-0.2, -0.15) is 0 Å². The van der Waals surface area contributed by atoms with Crippen LogP contribution in [0.4, 0.5) is 0 Å². The summed E-state index contributed by atoms with van der Waals surface area (Å²) < 4.78 is 9.56. The molecule has 0 aliphatic carbocycles. The maximum absolute atomic E-state index is 11.6. The van der Waals surface area contributed by atoms with Crippen LogP contribution in [0.2, 0.25) is 0 Å². The quantitative estimate of drug-likeness (QED) is 0.584. The third-order valence-corrected chi connectivity index (χ3v) is 2.49. The Morgan fingerprint density at radius 3 is 2.42 bits per heavy atom. The van der Waals surface area contributed by atoms with E-state index in [0.717, 1.165) is 5.56 Å². The third kappa shape index (κ3) is 5.38. The molecule has 0 amide bonds. The van der Waals surface area contributed by atoms with Crippen LogP contribution >= 0.6 is 0 Å². The van der Waals surface area contributed by atoms with Gasteiger partial charge in [0.25, 0.3) is 0 Å². The Morgan fingerprint density at radius 2 is 1.84 bits per heavy atom. The van der Waals surface area contributed by atoms with Crippen LogP contribution in [0.5, 0.6) is 0 Å². The van der Waals surface area contributed by atoms with Gasteiger partial charge in [-0.3, -0.25) is 4.79 Å². The van der Waals surface area contributed by atoms with Crippen molar-refractivity contribution in [2.75, 3.05) is 13.7 Å². The van der Waals surface area contributed by atoms with Gasteiger partial charge in [-0.15, -0.1) is 0 Å². The topological polar surface area (TPSA) is 52.6 Å². The Hall–Kier alpha value is -2.10. The first-order valence-electron chi connectivity index (χ1n) is 6.17. The summed E-state index contributed by atoms with van der Waals surface area (Å²) in [6.45, 7) is 2.09. The first-order valence-corrected chi connectivity index (χ1v) is 6.17. The molecule has 0 fully saturated rings. The summed E-state index contributed by atoms with van der Waals surface area (Å²) in [6, 6.07) is 9.42. The minimum Gasteiger partial charge on any atom is -0.466 e. The highest BCUT2D eigenvalue weighted by atomic mass is 16.5. The average Bonchev–Trinajstić information content (AvgIpc) is 2.44. The van der Waals surface area contributed by atoms with E-state index in [1.165, 1.54) is 7.11 Å². The number of carbonyl (C=O) groups excluding carboxylic acids is 2. The van der Waals surface area contributed by atoms with E-state index in [4.69, 9.17) is 9.47 Å². The lowest BCUT2D eigenvalue weighted by Gasteiger charge is -2.06. The number of hydrogen-bond donors (Lipinski definition) is 0. The van der Waals surface area contributed by atoms with Crippen LogP contribution in [-0.4, -0.2) is 25.7 Å². The molecule has 0 bridgehead atoms. The van der Waals surface area contributed by atoms with Crippen LogP contribution in [0.3, 0.4) is 0 Å². The van der Waals surface area contributed by atoms with Gasteiger partial charge in [-0.25, -0.2) is 4.79 Å². The van der Waals surface area contributed by atoms with Crippen molar-refractivity contribution in [1.82, 2.24) is 0 Å². The lowest BCUT2D eigenvalue weighted by molar-refractivity contribution is -0.143. The first-order chi connectivity index (χ1) is 9.17. The van der Waals surface area contributed by atoms with Crippen molar-refractivity contribution >= 4 is 18.0 Å². The molecule has 19 heavy (non-hydrogen) atoms. The second-order valence-electron chi connectivity index (χ2n) is 3.88. The van der Waals surface area contributed by atoms with Crippen LogP contribution < -0.4 is 0 Å². The molecular weight excluding hydrogens is 244 g/mol. The predicted octanol–water partition coefficient (Wildman–Crippen LogP) is 2.59. The number of carbonyl (C=O) groups is 2. The Labute approximate surface area is 113 Å². The van der Waals surface area contributed by atoms with Crippen molar-refractivity contribution < 1.29 is 19.1 Å². The summed E-state index contributed by atoms with van der Waals surface area (Å²) in [5.41, 5.74) is 1.36. The van der Waals surface area contributed by atoms with E-state index in [2.05, 4.69) is 0 Å². The minimum atomic E-state index is -0.423. The van der Waals surface area contributed by atoms with Gasteiger partial charge >= 0.3 is 11.9 Å². The van der Waals surface area contributed by atoms with Crippen molar-refractivity contribution in [3.8, 4) is 0 Å². The highest BCUT2D eigenvalue weighted by Gasteiger charge is 2.12. The van der Waals surface area contributed by atoms with Crippen LogP contribution in [-0.2, 0) is 19.1 Å². The van der Waals surface area contributed by atoms with Crippen molar-refractivity contribution in [3.63, 3.8) is 0 Å². The molecule has 1 rings (SSSR count). The molecule has 0 spiro atoms. The lowest BCUT2D eigenvalue weighted by atomic mass is 10.1. The Morgan fingerprint density at radius 1 is 1.16 bits per heavy atom. The molecule has 1 aromatic carbocycles. The van der Waals surface area contributed by atoms with E-state index < -0.39 is 5.97 Å². The zero-order chi connectivity index (χ0) is 14.1. The SMILES string of the molecule is CCOC(=O)CC/C(=C\c1ccccc1)C(=O)OC. The van der Waals surface area contributed by atoms with E-state index in [1.807, 2.05) is 30.3 Å². The monoisotopic (exact) mass is 262 g/mol. The average molecular weight is 262 g/mol. The maximum atomic E-state index is 11.6. The maximum Gasteiger partial charge on any atom is 0.333 e. The molecule has 0 aliphatic heterocycles. The number of rotatable bonds is 6. The fourth-order valence-electron chi connectivity index (χ4n) is 1.58. The molecule has 0 radical (unpaired) electrons. The van der Waals surface area contributed by atoms with Crippen LogP contribution in [0.1, 0.15) is 25.3 Å². The van der Waals surface area contributed by atoms with Gasteiger partial charge in [0, 0.05) is 12.0 Å². The first kappa shape index (κ1) is 15.0. The standard InChI is InChI=1S/C15H18O4/c1-3-19-14(16)10-9-13(15(17)18-2)11-12-7-5-4-6-8-12/h4-8,11H,3,9-10H2,1-2H3/b13-11+. The molecule has 102 valence electrons. The summed E-state index contributed by atoms with van der Waals surface area (Å²) in [5, 5.41) is 0. The molecule has 0 unspecified atom stereocenters. The molecule has 0 saturated carbocycles. The molecule has 0 N–H and O–H groups in total. The molecule has 0 saturated heterocycles. The summed E-state index contributed by atoms with van der Waals surface area (Å²) in [4.78, 5) is 23.0. The van der Waals surface area contributed by atoms with Crippen molar-refractivity contribution in [2.45, 2.75) is 19.8 Å². The van der Waals surface area contributed by atoms with Gasteiger partial charge in [0.1, 0.15) is 0 Å². The molecule has 4 nitrogen and oxygen atoms in total. The molecule has 1 aromatic rings. The number of benzene rings is 1. The normalized spacial score (nSPS) is 10.9. The van der Waals surface area contributed by atoms with Crippen LogP contribution in [0.25, 0.3) is 6.08 Å². The molecule has 0 heterocycles. The molecule has 0 aliphatic rings.